The molecule has 27 heavy (non-hydrogen) atoms. The van der Waals surface area contributed by atoms with Crippen LogP contribution in [0.15, 0.2) is 41.9 Å². The number of likely N-dealkylation sites (N-methyl/N-ethyl adjacent to an activating group) is 1. The van der Waals surface area contributed by atoms with E-state index in [0.717, 1.165) is 36.7 Å². The molecule has 1 N–H and O–H groups in total. The maximum absolute atomic E-state index is 13.1. The molecular weight excluding hydrogens is 360 g/mol. The van der Waals surface area contributed by atoms with Gasteiger partial charge in [0.2, 0.25) is 0 Å². The second kappa shape index (κ2) is 8.21. The van der Waals surface area contributed by atoms with Crippen LogP contribution < -0.4 is 5.32 Å². The first-order valence-corrected chi connectivity index (χ1v) is 10.2. The molecule has 6 nitrogen and oxygen atoms in total. The van der Waals surface area contributed by atoms with Gasteiger partial charge in [0.25, 0.3) is 5.91 Å². The molecule has 0 radical (unpaired) electrons. The van der Waals surface area contributed by atoms with Crippen LogP contribution in [0.5, 0.6) is 0 Å². The zero-order chi connectivity index (χ0) is 18.6. The highest BCUT2D eigenvalue weighted by Crippen LogP contribution is 2.19. The fourth-order valence-electron chi connectivity index (χ4n) is 3.33. The van der Waals surface area contributed by atoms with Gasteiger partial charge in [0.05, 0.1) is 12.3 Å². The summed E-state index contributed by atoms with van der Waals surface area (Å²) in [4.78, 5) is 20.3. The van der Waals surface area contributed by atoms with Crippen molar-refractivity contribution in [3.63, 3.8) is 0 Å². The SMILES string of the molecule is CN(CCc1ccccc1)C(=O)c1nc2sccn2c1CN[C@@H]1CCOC1. The van der Waals surface area contributed by atoms with Gasteiger partial charge in [-0.2, -0.15) is 0 Å². The summed E-state index contributed by atoms with van der Waals surface area (Å²) >= 11 is 1.55. The predicted octanol–water partition coefficient (Wildman–Crippen LogP) is 2.59. The highest BCUT2D eigenvalue weighted by molar-refractivity contribution is 7.15. The van der Waals surface area contributed by atoms with Crippen LogP contribution >= 0.6 is 11.3 Å². The smallest absolute Gasteiger partial charge is 0.274 e. The first kappa shape index (κ1) is 18.2. The number of fused-ring (bicyclic) bond motifs is 1. The van der Waals surface area contributed by atoms with E-state index < -0.39 is 0 Å². The molecule has 1 amide bonds. The normalized spacial score (nSPS) is 16.9. The van der Waals surface area contributed by atoms with E-state index >= 15 is 0 Å². The zero-order valence-electron chi connectivity index (χ0n) is 15.4. The van der Waals surface area contributed by atoms with E-state index in [-0.39, 0.29) is 5.91 Å². The van der Waals surface area contributed by atoms with Gasteiger partial charge in [-0.1, -0.05) is 30.3 Å². The number of imidazole rings is 1. The van der Waals surface area contributed by atoms with Crippen molar-refractivity contribution in [2.24, 2.45) is 0 Å². The van der Waals surface area contributed by atoms with Crippen molar-refractivity contribution < 1.29 is 9.53 Å². The number of amides is 1. The molecule has 0 aliphatic carbocycles. The average Bonchev–Trinajstić information content (AvgIpc) is 3.42. The first-order valence-electron chi connectivity index (χ1n) is 9.27. The van der Waals surface area contributed by atoms with Gasteiger partial charge in [-0.3, -0.25) is 9.20 Å². The summed E-state index contributed by atoms with van der Waals surface area (Å²) < 4.78 is 7.45. The number of nitrogens with one attached hydrogen (secondary N) is 1. The van der Waals surface area contributed by atoms with Gasteiger partial charge in [-0.25, -0.2) is 4.98 Å². The highest BCUT2D eigenvalue weighted by Gasteiger charge is 2.24. The topological polar surface area (TPSA) is 58.9 Å². The Morgan fingerprint density at radius 3 is 3.04 bits per heavy atom. The number of nitrogens with zero attached hydrogens (tertiary/aromatic N) is 3. The first-order chi connectivity index (χ1) is 13.2. The standard InChI is InChI=1S/C20H24N4O2S/c1-23(9-7-15-5-3-2-4-6-15)19(25)18-17(13-21-16-8-11-26-14-16)24-10-12-27-20(24)22-18/h2-6,10,12,16,21H,7-9,11,13-14H2,1H3/t16-/m1/s1. The van der Waals surface area contributed by atoms with E-state index in [2.05, 4.69) is 22.4 Å². The fourth-order valence-corrected chi connectivity index (χ4v) is 4.07. The molecule has 0 saturated carbocycles. The number of carbonyl (C=O) groups is 1. The molecule has 4 rings (SSSR count). The fraction of sp³-hybridized carbons (Fsp3) is 0.400. The quantitative estimate of drug-likeness (QED) is 0.680. The summed E-state index contributed by atoms with van der Waals surface area (Å²) in [7, 11) is 1.85. The molecule has 7 heteroatoms. The molecule has 0 unspecified atom stereocenters. The van der Waals surface area contributed by atoms with Gasteiger partial charge >= 0.3 is 0 Å². The molecule has 3 heterocycles. The maximum Gasteiger partial charge on any atom is 0.274 e. The molecule has 1 saturated heterocycles. The Hall–Kier alpha value is -2.22. The lowest BCUT2D eigenvalue weighted by atomic mass is 10.1. The third-order valence-electron chi connectivity index (χ3n) is 4.98. The van der Waals surface area contributed by atoms with Gasteiger partial charge in [0.1, 0.15) is 0 Å². The van der Waals surface area contributed by atoms with Gasteiger partial charge < -0.3 is 15.0 Å². The summed E-state index contributed by atoms with van der Waals surface area (Å²) in [6.07, 6.45) is 3.82. The third kappa shape index (κ3) is 4.05. The summed E-state index contributed by atoms with van der Waals surface area (Å²) in [5.41, 5.74) is 2.70. The van der Waals surface area contributed by atoms with Crippen molar-refractivity contribution in [2.45, 2.75) is 25.4 Å². The van der Waals surface area contributed by atoms with E-state index in [0.29, 0.717) is 24.8 Å². The number of aromatic nitrogens is 2. The third-order valence-corrected chi connectivity index (χ3v) is 5.73. The lowest BCUT2D eigenvalue weighted by Gasteiger charge is -2.17. The van der Waals surface area contributed by atoms with E-state index in [4.69, 9.17) is 4.74 Å². The van der Waals surface area contributed by atoms with Gasteiger partial charge in [-0.05, 0) is 18.4 Å². The molecule has 0 bridgehead atoms. The molecule has 1 aromatic carbocycles. The molecule has 142 valence electrons. The lowest BCUT2D eigenvalue weighted by Crippen LogP contribution is -2.32. The summed E-state index contributed by atoms with van der Waals surface area (Å²) in [5.74, 6) is -0.0266. The lowest BCUT2D eigenvalue weighted by molar-refractivity contribution is 0.0790. The van der Waals surface area contributed by atoms with Crippen LogP contribution in [0.1, 0.15) is 28.2 Å². The minimum atomic E-state index is -0.0266. The number of rotatable bonds is 7. The second-order valence-corrected chi connectivity index (χ2v) is 7.74. The minimum Gasteiger partial charge on any atom is -0.380 e. The number of hydrogen-bond donors (Lipinski definition) is 1. The van der Waals surface area contributed by atoms with Crippen LogP contribution in [0.4, 0.5) is 0 Å². The Morgan fingerprint density at radius 2 is 2.26 bits per heavy atom. The monoisotopic (exact) mass is 384 g/mol. The van der Waals surface area contributed by atoms with E-state index in [1.165, 1.54) is 5.56 Å². The minimum absolute atomic E-state index is 0.0266. The van der Waals surface area contributed by atoms with Crippen LogP contribution in [0.2, 0.25) is 0 Å². The van der Waals surface area contributed by atoms with Crippen molar-refractivity contribution in [1.82, 2.24) is 19.6 Å². The van der Waals surface area contributed by atoms with Gasteiger partial charge in [0, 0.05) is 44.4 Å². The molecule has 1 fully saturated rings. The van der Waals surface area contributed by atoms with Crippen LogP contribution in [0.25, 0.3) is 4.96 Å². The van der Waals surface area contributed by atoms with Crippen molar-refractivity contribution in [3.05, 3.63) is 58.9 Å². The van der Waals surface area contributed by atoms with Gasteiger partial charge in [-0.15, -0.1) is 11.3 Å². The Labute approximate surface area is 162 Å². The van der Waals surface area contributed by atoms with Crippen LogP contribution in [-0.4, -0.2) is 53.0 Å². The number of carbonyl (C=O) groups excluding carboxylic acids is 1. The van der Waals surface area contributed by atoms with Gasteiger partial charge in [0.15, 0.2) is 10.7 Å². The summed E-state index contributed by atoms with van der Waals surface area (Å²) in [6, 6.07) is 10.6. The molecule has 1 atom stereocenters. The van der Waals surface area contributed by atoms with E-state index in [9.17, 15) is 4.79 Å². The highest BCUT2D eigenvalue weighted by atomic mass is 32.1. The van der Waals surface area contributed by atoms with Crippen molar-refractivity contribution >= 4 is 22.2 Å². The molecular formula is C20H24N4O2S. The van der Waals surface area contributed by atoms with Crippen LogP contribution in [0.3, 0.4) is 0 Å². The Bertz CT molecular complexity index is 899. The molecule has 1 aliphatic heterocycles. The summed E-state index contributed by atoms with van der Waals surface area (Å²) in [6.45, 7) is 2.80. The van der Waals surface area contributed by atoms with Crippen molar-refractivity contribution in [3.8, 4) is 0 Å². The number of ether oxygens (including phenoxy) is 1. The number of benzene rings is 1. The Balaban J connectivity index is 1.48. The molecule has 0 spiro atoms. The van der Waals surface area contributed by atoms with Crippen LogP contribution in [-0.2, 0) is 17.7 Å². The number of thiazole rings is 1. The van der Waals surface area contributed by atoms with E-state index in [1.54, 1.807) is 16.2 Å². The maximum atomic E-state index is 13.1. The zero-order valence-corrected chi connectivity index (χ0v) is 16.2. The molecule has 1 aliphatic rings. The Kier molecular flexibility index (Phi) is 5.52. The summed E-state index contributed by atoms with van der Waals surface area (Å²) in [5, 5.41) is 5.50. The van der Waals surface area contributed by atoms with E-state index in [1.807, 2.05) is 41.2 Å². The van der Waals surface area contributed by atoms with Crippen molar-refractivity contribution in [2.75, 3.05) is 26.8 Å². The average molecular weight is 385 g/mol. The van der Waals surface area contributed by atoms with Crippen molar-refractivity contribution in [1.29, 1.82) is 0 Å². The number of hydrogen-bond acceptors (Lipinski definition) is 5. The Morgan fingerprint density at radius 1 is 1.41 bits per heavy atom. The van der Waals surface area contributed by atoms with Crippen LogP contribution in [0, 0.1) is 0 Å². The molecule has 2 aromatic heterocycles. The molecule has 3 aromatic rings. The largest absolute Gasteiger partial charge is 0.380 e. The second-order valence-electron chi connectivity index (χ2n) is 6.87. The predicted molar refractivity (Wildman–Crippen MR) is 106 cm³/mol.